The van der Waals surface area contributed by atoms with E-state index >= 15 is 0 Å². The van der Waals surface area contributed by atoms with E-state index in [0.29, 0.717) is 20.6 Å². The molecule has 0 radical (unpaired) electrons. The molecule has 6 nitrogen and oxygen atoms in total. The number of carbonyl (C=O) groups excluding carboxylic acids is 1. The van der Waals surface area contributed by atoms with Crippen LogP contribution in [0.3, 0.4) is 0 Å². The van der Waals surface area contributed by atoms with Gasteiger partial charge in [0, 0.05) is 39.6 Å². The first-order valence-electron chi connectivity index (χ1n) is 14.1. The highest BCUT2D eigenvalue weighted by atomic mass is 32.1. The van der Waals surface area contributed by atoms with Crippen molar-refractivity contribution in [1.82, 2.24) is 9.13 Å². The van der Waals surface area contributed by atoms with Gasteiger partial charge in [-0.05, 0) is 36.1 Å². The second-order valence-corrected chi connectivity index (χ2v) is 12.2. The molecule has 0 aliphatic carbocycles. The first-order chi connectivity index (χ1) is 21.1. The van der Waals surface area contributed by atoms with Crippen LogP contribution in [0.25, 0.3) is 22.7 Å². The number of carbonyl (C=O) groups is 1. The lowest BCUT2D eigenvalue weighted by Crippen LogP contribution is -2.39. The third kappa shape index (κ3) is 4.98. The van der Waals surface area contributed by atoms with E-state index in [9.17, 15) is 9.59 Å². The molecule has 8 heteroatoms. The van der Waals surface area contributed by atoms with E-state index in [-0.39, 0.29) is 12.2 Å². The third-order valence-electron chi connectivity index (χ3n) is 7.49. The first kappa shape index (κ1) is 27.1. The molecule has 7 rings (SSSR count). The highest BCUT2D eigenvalue weighted by Gasteiger charge is 2.35. The molecule has 1 aliphatic rings. The van der Waals surface area contributed by atoms with Crippen molar-refractivity contribution in [2.75, 3.05) is 6.61 Å². The van der Waals surface area contributed by atoms with Gasteiger partial charge in [0.15, 0.2) is 4.80 Å². The Morgan fingerprint density at radius 2 is 1.70 bits per heavy atom. The van der Waals surface area contributed by atoms with Crippen LogP contribution in [0.2, 0.25) is 0 Å². The fourth-order valence-electron chi connectivity index (χ4n) is 5.60. The summed E-state index contributed by atoms with van der Waals surface area (Å²) in [6.07, 6.45) is 4.06. The zero-order valence-corrected chi connectivity index (χ0v) is 25.0. The number of rotatable bonds is 7. The van der Waals surface area contributed by atoms with Gasteiger partial charge in [-0.15, -0.1) is 11.3 Å². The van der Waals surface area contributed by atoms with Crippen molar-refractivity contribution in [3.05, 3.63) is 155 Å². The number of benzene rings is 3. The molecule has 0 fully saturated rings. The molecule has 3 aromatic heterocycles. The molecule has 0 saturated heterocycles. The number of aromatic nitrogens is 2. The number of hydrogen-bond donors (Lipinski definition) is 0. The zero-order chi connectivity index (χ0) is 29.3. The molecule has 212 valence electrons. The standard InChI is InChI=1S/C35H27N3O3S2/c1-2-41-34(40)30-31(24-14-7-4-8-15-24)36-35-38(32(30)28-18-11-19-42-28)33(39)29(43-35)20-25-22-37(21-23-12-5-3-6-13-23)27-17-10-9-16-26(25)27/h3-20,22,32H,2,21H2,1H3/b29-20-/t32-/m0/s1. The van der Waals surface area contributed by atoms with Gasteiger partial charge >= 0.3 is 5.97 Å². The zero-order valence-electron chi connectivity index (χ0n) is 23.3. The van der Waals surface area contributed by atoms with Gasteiger partial charge in [-0.2, -0.15) is 0 Å². The first-order valence-corrected chi connectivity index (χ1v) is 15.8. The smallest absolute Gasteiger partial charge is 0.338 e. The molecule has 0 unspecified atom stereocenters. The maximum Gasteiger partial charge on any atom is 0.338 e. The van der Waals surface area contributed by atoms with Crippen LogP contribution in [0.1, 0.15) is 34.5 Å². The number of hydrogen-bond acceptors (Lipinski definition) is 6. The van der Waals surface area contributed by atoms with Crippen LogP contribution >= 0.6 is 22.7 Å². The molecule has 0 spiro atoms. The lowest BCUT2D eigenvalue weighted by Gasteiger charge is -2.24. The van der Waals surface area contributed by atoms with Crippen molar-refractivity contribution < 1.29 is 9.53 Å². The lowest BCUT2D eigenvalue weighted by molar-refractivity contribution is -0.138. The van der Waals surface area contributed by atoms with Crippen molar-refractivity contribution in [3.8, 4) is 0 Å². The molecule has 1 atom stereocenters. The topological polar surface area (TPSA) is 65.6 Å². The summed E-state index contributed by atoms with van der Waals surface area (Å²) in [5.41, 5.74) is 4.77. The van der Waals surface area contributed by atoms with E-state index in [1.54, 1.807) is 11.5 Å². The van der Waals surface area contributed by atoms with Gasteiger partial charge in [-0.25, -0.2) is 9.79 Å². The average Bonchev–Trinajstić information content (AvgIpc) is 3.77. The van der Waals surface area contributed by atoms with Gasteiger partial charge in [0.05, 0.1) is 22.4 Å². The molecule has 1 aliphatic heterocycles. The van der Waals surface area contributed by atoms with Gasteiger partial charge < -0.3 is 9.30 Å². The minimum atomic E-state index is -0.646. The molecule has 0 saturated carbocycles. The predicted molar refractivity (Wildman–Crippen MR) is 173 cm³/mol. The number of thiophene rings is 1. The van der Waals surface area contributed by atoms with E-state index in [4.69, 9.17) is 9.73 Å². The van der Waals surface area contributed by atoms with E-state index in [0.717, 1.165) is 33.5 Å². The Hall–Kier alpha value is -4.79. The molecule has 0 N–H and O–H groups in total. The van der Waals surface area contributed by atoms with Crippen LogP contribution in [0.4, 0.5) is 0 Å². The fraction of sp³-hybridized carbons (Fsp3) is 0.114. The van der Waals surface area contributed by atoms with E-state index in [2.05, 4.69) is 35.0 Å². The Bertz CT molecular complexity index is 2160. The van der Waals surface area contributed by atoms with Gasteiger partial charge in [0.1, 0.15) is 6.04 Å². The molecule has 0 amide bonds. The minimum Gasteiger partial charge on any atom is -0.463 e. The summed E-state index contributed by atoms with van der Waals surface area (Å²) in [6.45, 7) is 2.72. The average molecular weight is 602 g/mol. The van der Waals surface area contributed by atoms with Crippen molar-refractivity contribution >= 4 is 51.3 Å². The minimum absolute atomic E-state index is 0.184. The van der Waals surface area contributed by atoms with Crippen molar-refractivity contribution in [2.45, 2.75) is 19.5 Å². The number of para-hydroxylation sites is 1. The van der Waals surface area contributed by atoms with Crippen LogP contribution in [0, 0.1) is 0 Å². The quantitative estimate of drug-likeness (QED) is 0.211. The van der Waals surface area contributed by atoms with Gasteiger partial charge in [0.2, 0.25) is 0 Å². The van der Waals surface area contributed by atoms with Gasteiger partial charge in [-0.1, -0.05) is 96.3 Å². The lowest BCUT2D eigenvalue weighted by atomic mass is 9.97. The van der Waals surface area contributed by atoms with Crippen molar-refractivity contribution in [2.24, 2.45) is 4.99 Å². The number of thiazole rings is 1. The summed E-state index contributed by atoms with van der Waals surface area (Å²) < 4.78 is 9.97. The molecular weight excluding hydrogens is 575 g/mol. The van der Waals surface area contributed by atoms with Gasteiger partial charge in [0.25, 0.3) is 5.56 Å². The molecule has 6 aromatic rings. The Morgan fingerprint density at radius 3 is 2.44 bits per heavy atom. The molecule has 4 heterocycles. The summed E-state index contributed by atoms with van der Waals surface area (Å²) in [5.74, 6) is -0.471. The van der Waals surface area contributed by atoms with Gasteiger partial charge in [-0.3, -0.25) is 9.36 Å². The van der Waals surface area contributed by atoms with Crippen LogP contribution in [-0.4, -0.2) is 21.7 Å². The predicted octanol–water partition coefficient (Wildman–Crippen LogP) is 6.00. The van der Waals surface area contributed by atoms with E-state index < -0.39 is 12.0 Å². The molecular formula is C35H27N3O3S2. The number of ether oxygens (including phenoxy) is 1. The Labute approximate surface area is 255 Å². The summed E-state index contributed by atoms with van der Waals surface area (Å²) in [5, 5.41) is 3.02. The maximum absolute atomic E-state index is 14.2. The second kappa shape index (κ2) is 11.5. The van der Waals surface area contributed by atoms with Crippen molar-refractivity contribution in [1.29, 1.82) is 0 Å². The number of nitrogens with zero attached hydrogens (tertiary/aromatic N) is 3. The van der Waals surface area contributed by atoms with Crippen LogP contribution in [0.15, 0.2) is 124 Å². The summed E-state index contributed by atoms with van der Waals surface area (Å²) in [7, 11) is 0. The summed E-state index contributed by atoms with van der Waals surface area (Å²) >= 11 is 2.85. The Kier molecular flexibility index (Phi) is 7.22. The Balaban J connectivity index is 1.44. The largest absolute Gasteiger partial charge is 0.463 e. The van der Waals surface area contributed by atoms with Crippen molar-refractivity contribution in [3.63, 3.8) is 0 Å². The third-order valence-corrected chi connectivity index (χ3v) is 9.40. The highest BCUT2D eigenvalue weighted by molar-refractivity contribution is 7.10. The SMILES string of the molecule is CCOC(=O)C1=C(c2ccccc2)N=c2s/c(=C\c3cn(Cc4ccccc4)c4ccccc34)c(=O)n2[C@H]1c1cccs1. The summed E-state index contributed by atoms with van der Waals surface area (Å²) in [4.78, 5) is 34.2. The van der Waals surface area contributed by atoms with Crippen LogP contribution in [0.5, 0.6) is 0 Å². The normalized spacial score (nSPS) is 15.0. The highest BCUT2D eigenvalue weighted by Crippen LogP contribution is 2.37. The Morgan fingerprint density at radius 1 is 0.953 bits per heavy atom. The van der Waals surface area contributed by atoms with E-state index in [1.165, 1.54) is 28.2 Å². The number of esters is 1. The molecule has 0 bridgehead atoms. The molecule has 3 aromatic carbocycles. The van der Waals surface area contributed by atoms with Crippen LogP contribution < -0.4 is 14.9 Å². The van der Waals surface area contributed by atoms with E-state index in [1.807, 2.05) is 84.3 Å². The number of fused-ring (bicyclic) bond motifs is 2. The maximum atomic E-state index is 14.2. The van der Waals surface area contributed by atoms with Crippen LogP contribution in [-0.2, 0) is 16.1 Å². The monoisotopic (exact) mass is 601 g/mol. The molecule has 43 heavy (non-hydrogen) atoms. The second-order valence-electron chi connectivity index (χ2n) is 10.2. The fourth-order valence-corrected chi connectivity index (χ4v) is 7.41. The summed E-state index contributed by atoms with van der Waals surface area (Å²) in [6, 6.07) is 31.4.